The number of methoxy groups -OCH3 is 1. The molecule has 5 rings (SSSR count). The van der Waals surface area contributed by atoms with Crippen LogP contribution in [0.2, 0.25) is 0 Å². The van der Waals surface area contributed by atoms with Crippen LogP contribution in [0.1, 0.15) is 47.3 Å². The first-order chi connectivity index (χ1) is 17.9. The standard InChI is InChI=1S/C25H24F2N6O3S/c1-14-13-36-8-7-33(14)21-10-16(17-9-19(23(26)27)28-12-20(17)35-2)18(11-29-21)24(34)30-25-32-31-22(37-25)6-5-15-3-4-15/h9-12,14-15,23H,3-4,7-8,13H2,1-2H3,(H,30,32,34)/t14-/m0/s1. The Hall–Kier alpha value is -3.69. The Bertz CT molecular complexity index is 1370. The molecular weight excluding hydrogens is 502 g/mol. The Labute approximate surface area is 216 Å². The third-order valence-electron chi connectivity index (χ3n) is 6.02. The van der Waals surface area contributed by atoms with Crippen LogP contribution in [-0.4, -0.2) is 59.0 Å². The molecule has 0 aromatic carbocycles. The van der Waals surface area contributed by atoms with Crippen molar-refractivity contribution in [2.24, 2.45) is 5.92 Å². The lowest BCUT2D eigenvalue weighted by molar-refractivity contribution is 0.0984. The van der Waals surface area contributed by atoms with E-state index in [-0.39, 0.29) is 22.5 Å². The number of carbonyl (C=O) groups excluding carboxylic acids is 1. The van der Waals surface area contributed by atoms with Crippen molar-refractivity contribution >= 4 is 28.2 Å². The van der Waals surface area contributed by atoms with Crippen LogP contribution in [0, 0.1) is 17.8 Å². The Kier molecular flexibility index (Phi) is 7.25. The van der Waals surface area contributed by atoms with Crippen molar-refractivity contribution in [1.82, 2.24) is 20.2 Å². The second kappa shape index (κ2) is 10.7. The fraction of sp³-hybridized carbons (Fsp3) is 0.400. The molecule has 2 fully saturated rings. The minimum Gasteiger partial charge on any atom is -0.494 e. The highest BCUT2D eigenvalue weighted by Crippen LogP contribution is 2.37. The second-order valence-corrected chi connectivity index (χ2v) is 9.70. The third-order valence-corrected chi connectivity index (χ3v) is 6.78. The lowest BCUT2D eigenvalue weighted by Gasteiger charge is -2.34. The van der Waals surface area contributed by atoms with Crippen molar-refractivity contribution < 1.29 is 23.0 Å². The molecule has 0 spiro atoms. The molecule has 1 amide bonds. The molecule has 1 aliphatic heterocycles. The molecule has 0 radical (unpaired) electrons. The molecule has 0 unspecified atom stereocenters. The van der Waals surface area contributed by atoms with Crippen LogP contribution < -0.4 is 15.0 Å². The van der Waals surface area contributed by atoms with Gasteiger partial charge in [-0.1, -0.05) is 17.3 Å². The first kappa shape index (κ1) is 25.0. The quantitative estimate of drug-likeness (QED) is 0.478. The van der Waals surface area contributed by atoms with Gasteiger partial charge in [0.25, 0.3) is 12.3 Å². The van der Waals surface area contributed by atoms with E-state index in [0.29, 0.717) is 47.6 Å². The zero-order chi connectivity index (χ0) is 25.9. The van der Waals surface area contributed by atoms with Gasteiger partial charge < -0.3 is 14.4 Å². The van der Waals surface area contributed by atoms with Crippen LogP contribution in [0.15, 0.2) is 24.5 Å². The SMILES string of the molecule is COc1cnc(C(F)F)cc1-c1cc(N2CCOC[C@@H]2C)ncc1C(=O)Nc1nnc(C#CC2CC2)s1. The number of halogens is 2. The van der Waals surface area contributed by atoms with E-state index < -0.39 is 18.0 Å². The Balaban J connectivity index is 1.53. The normalized spacial score (nSPS) is 17.3. The molecule has 37 heavy (non-hydrogen) atoms. The van der Waals surface area contributed by atoms with E-state index in [9.17, 15) is 13.6 Å². The molecule has 1 saturated carbocycles. The first-order valence-electron chi connectivity index (χ1n) is 11.8. The van der Waals surface area contributed by atoms with Crippen molar-refractivity contribution in [2.45, 2.75) is 32.2 Å². The number of hydrogen-bond donors (Lipinski definition) is 1. The summed E-state index contributed by atoms with van der Waals surface area (Å²) < 4.78 is 38.0. The number of anilines is 2. The lowest BCUT2D eigenvalue weighted by Crippen LogP contribution is -2.44. The van der Waals surface area contributed by atoms with Crippen LogP contribution >= 0.6 is 11.3 Å². The summed E-state index contributed by atoms with van der Waals surface area (Å²) in [6.45, 7) is 3.66. The number of ether oxygens (including phenoxy) is 2. The van der Waals surface area contributed by atoms with Gasteiger partial charge in [-0.2, -0.15) is 0 Å². The van der Waals surface area contributed by atoms with E-state index in [2.05, 4.69) is 37.3 Å². The van der Waals surface area contributed by atoms with Gasteiger partial charge in [-0.15, -0.1) is 10.2 Å². The maximum absolute atomic E-state index is 13.5. The predicted molar refractivity (Wildman–Crippen MR) is 134 cm³/mol. The Morgan fingerprint density at radius 1 is 1.24 bits per heavy atom. The summed E-state index contributed by atoms with van der Waals surface area (Å²) in [5.74, 6) is 6.83. The minimum absolute atomic E-state index is 0.0429. The van der Waals surface area contributed by atoms with E-state index in [0.717, 1.165) is 24.2 Å². The first-order valence-corrected chi connectivity index (χ1v) is 12.6. The minimum atomic E-state index is -2.79. The Morgan fingerprint density at radius 2 is 2.08 bits per heavy atom. The third kappa shape index (κ3) is 5.68. The van der Waals surface area contributed by atoms with Crippen LogP contribution in [0.3, 0.4) is 0 Å². The number of rotatable bonds is 6. The largest absolute Gasteiger partial charge is 0.494 e. The van der Waals surface area contributed by atoms with Crippen molar-refractivity contribution in [2.75, 3.05) is 37.1 Å². The smallest absolute Gasteiger partial charge is 0.280 e. The zero-order valence-corrected chi connectivity index (χ0v) is 21.0. The summed E-state index contributed by atoms with van der Waals surface area (Å²) >= 11 is 1.16. The van der Waals surface area contributed by atoms with E-state index in [1.54, 1.807) is 6.07 Å². The topological polar surface area (TPSA) is 102 Å². The summed E-state index contributed by atoms with van der Waals surface area (Å²) in [5.41, 5.74) is 0.412. The van der Waals surface area contributed by atoms with Crippen LogP contribution in [-0.2, 0) is 4.74 Å². The number of carbonyl (C=O) groups is 1. The highest BCUT2D eigenvalue weighted by Gasteiger charge is 2.25. The molecule has 1 saturated heterocycles. The van der Waals surface area contributed by atoms with Gasteiger partial charge in [0.2, 0.25) is 5.13 Å². The molecule has 4 heterocycles. The number of aromatic nitrogens is 4. The van der Waals surface area contributed by atoms with Crippen molar-refractivity contribution in [3.05, 3.63) is 40.8 Å². The molecule has 3 aromatic rings. The molecule has 12 heteroatoms. The number of nitrogens with one attached hydrogen (secondary N) is 1. The molecule has 2 aliphatic rings. The second-order valence-electron chi connectivity index (χ2n) is 8.73. The van der Waals surface area contributed by atoms with Gasteiger partial charge in [-0.25, -0.2) is 13.8 Å². The zero-order valence-electron chi connectivity index (χ0n) is 20.2. The van der Waals surface area contributed by atoms with Gasteiger partial charge in [0.05, 0.1) is 38.1 Å². The van der Waals surface area contributed by atoms with Crippen LogP contribution in [0.25, 0.3) is 11.1 Å². The van der Waals surface area contributed by atoms with Gasteiger partial charge in [-0.3, -0.25) is 15.1 Å². The van der Waals surface area contributed by atoms with E-state index >= 15 is 0 Å². The molecule has 192 valence electrons. The molecule has 1 atom stereocenters. The number of morpholine rings is 1. The fourth-order valence-electron chi connectivity index (χ4n) is 3.90. The van der Waals surface area contributed by atoms with Gasteiger partial charge >= 0.3 is 0 Å². The molecular formula is C25H24F2N6O3S. The summed E-state index contributed by atoms with van der Waals surface area (Å²) in [6, 6.07) is 2.98. The number of nitrogens with zero attached hydrogens (tertiary/aromatic N) is 5. The average Bonchev–Trinajstić information content (AvgIpc) is 3.64. The Morgan fingerprint density at radius 3 is 2.81 bits per heavy atom. The van der Waals surface area contributed by atoms with Crippen LogP contribution in [0.4, 0.5) is 19.7 Å². The van der Waals surface area contributed by atoms with Crippen molar-refractivity contribution in [1.29, 1.82) is 0 Å². The molecule has 1 N–H and O–H groups in total. The highest BCUT2D eigenvalue weighted by atomic mass is 32.1. The maximum Gasteiger partial charge on any atom is 0.280 e. The number of hydrogen-bond acceptors (Lipinski definition) is 9. The molecule has 0 bridgehead atoms. The average molecular weight is 527 g/mol. The van der Waals surface area contributed by atoms with Gasteiger partial charge in [0, 0.05) is 29.8 Å². The summed E-state index contributed by atoms with van der Waals surface area (Å²) in [4.78, 5) is 23.7. The summed E-state index contributed by atoms with van der Waals surface area (Å²) in [6.07, 6.45) is 2.05. The molecule has 1 aliphatic carbocycles. The number of amides is 1. The van der Waals surface area contributed by atoms with Crippen molar-refractivity contribution in [3.8, 4) is 28.7 Å². The van der Waals surface area contributed by atoms with Crippen LogP contribution in [0.5, 0.6) is 5.75 Å². The lowest BCUT2D eigenvalue weighted by atomic mass is 9.99. The van der Waals surface area contributed by atoms with Crippen molar-refractivity contribution in [3.63, 3.8) is 0 Å². The van der Waals surface area contributed by atoms with E-state index in [1.165, 1.54) is 25.6 Å². The van der Waals surface area contributed by atoms with Gasteiger partial charge in [0.15, 0.2) is 5.01 Å². The van der Waals surface area contributed by atoms with E-state index in [4.69, 9.17) is 9.47 Å². The number of pyridine rings is 2. The summed E-state index contributed by atoms with van der Waals surface area (Å²) in [7, 11) is 1.42. The van der Waals surface area contributed by atoms with E-state index in [1.807, 2.05) is 11.8 Å². The summed E-state index contributed by atoms with van der Waals surface area (Å²) in [5, 5.41) is 11.6. The molecule has 3 aromatic heterocycles. The maximum atomic E-state index is 13.5. The predicted octanol–water partition coefficient (Wildman–Crippen LogP) is 4.18. The fourth-order valence-corrected chi connectivity index (χ4v) is 4.50. The monoisotopic (exact) mass is 526 g/mol. The van der Waals surface area contributed by atoms with Gasteiger partial charge in [-0.05, 0) is 37.8 Å². The number of alkyl halides is 2. The highest BCUT2D eigenvalue weighted by molar-refractivity contribution is 7.15. The van der Waals surface area contributed by atoms with Gasteiger partial charge in [0.1, 0.15) is 17.3 Å². The molecule has 9 nitrogen and oxygen atoms in total.